The number of hydrogen-bond acceptors (Lipinski definition) is 3. The van der Waals surface area contributed by atoms with E-state index in [1.54, 1.807) is 0 Å². The maximum absolute atomic E-state index is 4.99. The third-order valence-corrected chi connectivity index (χ3v) is 4.50. The van der Waals surface area contributed by atoms with Gasteiger partial charge in [-0.3, -0.25) is 0 Å². The molecule has 0 amide bonds. The Hall–Kier alpha value is -3.46. The topological polar surface area (TPSA) is 37.8 Å². The lowest BCUT2D eigenvalue weighted by molar-refractivity contribution is 0.942. The van der Waals surface area contributed by atoms with E-state index in [0.29, 0.717) is 0 Å². The van der Waals surface area contributed by atoms with Crippen LogP contribution in [0.5, 0.6) is 0 Å². The number of aromatic nitrogens is 2. The second-order valence-electron chi connectivity index (χ2n) is 6.37. The summed E-state index contributed by atoms with van der Waals surface area (Å²) in [4.78, 5) is 9.95. The van der Waals surface area contributed by atoms with Crippen LogP contribution in [0.4, 0.5) is 0 Å². The smallest absolute Gasteiger partial charge is 0.0973 e. The van der Waals surface area contributed by atoms with Crippen molar-refractivity contribution in [3.63, 3.8) is 0 Å². The molecule has 0 spiro atoms. The fourth-order valence-electron chi connectivity index (χ4n) is 3.15. The fourth-order valence-corrected chi connectivity index (χ4v) is 3.15. The van der Waals surface area contributed by atoms with Crippen molar-refractivity contribution in [3.8, 4) is 22.5 Å². The van der Waals surface area contributed by atoms with Gasteiger partial charge in [0.1, 0.15) is 0 Å². The SMILES string of the molecule is C=C(NCC)c1ccc2nc(-c3ccccc3)c(-c3ccccc3)nc2c1. The molecule has 1 N–H and O–H groups in total. The highest BCUT2D eigenvalue weighted by Crippen LogP contribution is 2.31. The molecule has 0 aliphatic carbocycles. The van der Waals surface area contributed by atoms with E-state index in [4.69, 9.17) is 9.97 Å². The number of fused-ring (bicyclic) bond motifs is 1. The van der Waals surface area contributed by atoms with Crippen molar-refractivity contribution in [2.24, 2.45) is 0 Å². The highest BCUT2D eigenvalue weighted by molar-refractivity contribution is 5.87. The quantitative estimate of drug-likeness (QED) is 0.513. The Balaban J connectivity index is 1.94. The summed E-state index contributed by atoms with van der Waals surface area (Å²) in [5.74, 6) is 0. The Morgan fingerprint density at radius 1 is 0.778 bits per heavy atom. The van der Waals surface area contributed by atoms with Gasteiger partial charge in [0.15, 0.2) is 0 Å². The van der Waals surface area contributed by atoms with Crippen LogP contribution in [-0.4, -0.2) is 16.5 Å². The first-order valence-electron chi connectivity index (χ1n) is 9.12. The molecule has 132 valence electrons. The average Bonchev–Trinajstić information content (AvgIpc) is 2.74. The third kappa shape index (κ3) is 3.44. The zero-order valence-corrected chi connectivity index (χ0v) is 15.3. The van der Waals surface area contributed by atoms with Crippen molar-refractivity contribution in [3.05, 3.63) is 91.0 Å². The van der Waals surface area contributed by atoms with Crippen LogP contribution in [0, 0.1) is 0 Å². The van der Waals surface area contributed by atoms with Crippen molar-refractivity contribution in [2.75, 3.05) is 6.54 Å². The summed E-state index contributed by atoms with van der Waals surface area (Å²) in [6.45, 7) is 7.01. The van der Waals surface area contributed by atoms with Gasteiger partial charge in [0.25, 0.3) is 0 Å². The van der Waals surface area contributed by atoms with E-state index in [1.165, 1.54) is 0 Å². The molecule has 3 heteroatoms. The minimum absolute atomic E-state index is 0.838. The van der Waals surface area contributed by atoms with Gasteiger partial charge in [-0.25, -0.2) is 9.97 Å². The zero-order valence-electron chi connectivity index (χ0n) is 15.3. The highest BCUT2D eigenvalue weighted by atomic mass is 14.9. The standard InChI is InChI=1S/C24H21N3/c1-3-25-17(2)20-14-15-21-22(16-20)27-24(19-12-8-5-9-13-19)23(26-21)18-10-6-4-7-11-18/h4-16,25H,2-3H2,1H3. The molecule has 0 saturated heterocycles. The molecule has 0 saturated carbocycles. The van der Waals surface area contributed by atoms with Crippen LogP contribution in [0.1, 0.15) is 12.5 Å². The van der Waals surface area contributed by atoms with E-state index in [-0.39, 0.29) is 0 Å². The number of rotatable bonds is 5. The van der Waals surface area contributed by atoms with Gasteiger partial charge in [0.2, 0.25) is 0 Å². The van der Waals surface area contributed by atoms with Gasteiger partial charge in [-0.2, -0.15) is 0 Å². The van der Waals surface area contributed by atoms with Gasteiger partial charge in [0.05, 0.1) is 22.4 Å². The molecular formula is C24H21N3. The normalized spacial score (nSPS) is 10.7. The maximum Gasteiger partial charge on any atom is 0.0973 e. The van der Waals surface area contributed by atoms with Crippen LogP contribution in [0.25, 0.3) is 39.2 Å². The summed E-state index contributed by atoms with van der Waals surface area (Å²) >= 11 is 0. The number of nitrogens with zero attached hydrogens (tertiary/aromatic N) is 2. The Morgan fingerprint density at radius 3 is 1.89 bits per heavy atom. The first-order valence-corrected chi connectivity index (χ1v) is 9.12. The Bertz CT molecular complexity index is 1090. The molecule has 0 aliphatic rings. The molecule has 3 aromatic carbocycles. The first kappa shape index (κ1) is 17.0. The van der Waals surface area contributed by atoms with E-state index >= 15 is 0 Å². The molecule has 4 rings (SSSR count). The molecular weight excluding hydrogens is 330 g/mol. The Labute approximate surface area is 159 Å². The van der Waals surface area contributed by atoms with Crippen LogP contribution in [-0.2, 0) is 0 Å². The molecule has 0 radical (unpaired) electrons. The predicted octanol–water partition coefficient (Wildman–Crippen LogP) is 5.54. The molecule has 0 aliphatic heterocycles. The van der Waals surface area contributed by atoms with Crippen LogP contribution in [0.3, 0.4) is 0 Å². The van der Waals surface area contributed by atoms with Gasteiger partial charge < -0.3 is 5.32 Å². The van der Waals surface area contributed by atoms with E-state index in [9.17, 15) is 0 Å². The predicted molar refractivity (Wildman–Crippen MR) is 113 cm³/mol. The zero-order chi connectivity index (χ0) is 18.6. The molecule has 0 fully saturated rings. The number of hydrogen-bond donors (Lipinski definition) is 1. The molecule has 3 nitrogen and oxygen atoms in total. The van der Waals surface area contributed by atoms with Crippen molar-refractivity contribution >= 4 is 16.7 Å². The second kappa shape index (κ2) is 7.42. The average molecular weight is 351 g/mol. The summed E-state index contributed by atoms with van der Waals surface area (Å²) in [7, 11) is 0. The van der Waals surface area contributed by atoms with Crippen molar-refractivity contribution in [2.45, 2.75) is 6.92 Å². The third-order valence-electron chi connectivity index (χ3n) is 4.50. The van der Waals surface area contributed by atoms with E-state index in [1.807, 2.05) is 48.5 Å². The van der Waals surface area contributed by atoms with Crippen LogP contribution in [0.15, 0.2) is 85.4 Å². The van der Waals surface area contributed by atoms with Crippen LogP contribution < -0.4 is 5.32 Å². The van der Waals surface area contributed by atoms with Gasteiger partial charge in [0, 0.05) is 23.4 Å². The number of nitrogens with one attached hydrogen (secondary N) is 1. The van der Waals surface area contributed by atoms with E-state index in [2.05, 4.69) is 49.2 Å². The lowest BCUT2D eigenvalue weighted by Gasteiger charge is -2.12. The summed E-state index contributed by atoms with van der Waals surface area (Å²) < 4.78 is 0. The van der Waals surface area contributed by atoms with Gasteiger partial charge in [-0.05, 0) is 24.6 Å². The van der Waals surface area contributed by atoms with Gasteiger partial charge in [-0.1, -0.05) is 73.3 Å². The lowest BCUT2D eigenvalue weighted by Crippen LogP contribution is -2.09. The maximum atomic E-state index is 4.99. The van der Waals surface area contributed by atoms with Crippen LogP contribution in [0.2, 0.25) is 0 Å². The van der Waals surface area contributed by atoms with Gasteiger partial charge in [-0.15, -0.1) is 0 Å². The molecule has 27 heavy (non-hydrogen) atoms. The lowest BCUT2D eigenvalue weighted by atomic mass is 10.0. The molecule has 1 heterocycles. The van der Waals surface area contributed by atoms with Crippen molar-refractivity contribution in [1.29, 1.82) is 0 Å². The summed E-state index contributed by atoms with van der Waals surface area (Å²) in [6, 6.07) is 26.5. The minimum Gasteiger partial charge on any atom is -0.385 e. The fraction of sp³-hybridized carbons (Fsp3) is 0.0833. The molecule has 4 aromatic rings. The minimum atomic E-state index is 0.838. The Morgan fingerprint density at radius 2 is 1.33 bits per heavy atom. The van der Waals surface area contributed by atoms with Crippen molar-refractivity contribution < 1.29 is 0 Å². The molecule has 0 unspecified atom stereocenters. The van der Waals surface area contributed by atoms with Crippen molar-refractivity contribution in [1.82, 2.24) is 15.3 Å². The molecule has 0 atom stereocenters. The Kier molecular flexibility index (Phi) is 4.67. The largest absolute Gasteiger partial charge is 0.385 e. The van der Waals surface area contributed by atoms with E-state index in [0.717, 1.165) is 51.4 Å². The second-order valence-corrected chi connectivity index (χ2v) is 6.37. The van der Waals surface area contributed by atoms with Gasteiger partial charge >= 0.3 is 0 Å². The first-order chi connectivity index (χ1) is 13.3. The number of benzene rings is 3. The van der Waals surface area contributed by atoms with E-state index < -0.39 is 0 Å². The molecule has 1 aromatic heterocycles. The molecule has 0 bridgehead atoms. The highest BCUT2D eigenvalue weighted by Gasteiger charge is 2.13. The van der Waals surface area contributed by atoms with Crippen LogP contribution >= 0.6 is 0 Å². The summed E-state index contributed by atoms with van der Waals surface area (Å²) in [5.41, 5.74) is 7.58. The summed E-state index contributed by atoms with van der Waals surface area (Å²) in [6.07, 6.45) is 0. The summed E-state index contributed by atoms with van der Waals surface area (Å²) in [5, 5.41) is 3.27. The monoisotopic (exact) mass is 351 g/mol.